The van der Waals surface area contributed by atoms with Crippen LogP contribution in [0.3, 0.4) is 0 Å². The fourth-order valence-corrected chi connectivity index (χ4v) is 2.20. The van der Waals surface area contributed by atoms with Crippen molar-refractivity contribution in [1.82, 2.24) is 9.78 Å². The Morgan fingerprint density at radius 2 is 2.17 bits per heavy atom. The molecule has 0 aliphatic rings. The van der Waals surface area contributed by atoms with Gasteiger partial charge in [-0.15, -0.1) is 0 Å². The largest absolute Gasteiger partial charge is 0.468 e. The molecule has 2 aromatic carbocycles. The van der Waals surface area contributed by atoms with Crippen molar-refractivity contribution in [2.45, 2.75) is 6.54 Å². The molecule has 0 saturated heterocycles. The summed E-state index contributed by atoms with van der Waals surface area (Å²) in [6.07, 6.45) is 1.69. The standard InChI is InChI=1S/C17H12FN3O3/c1-23-17(22)10-21-9-12-7-14(3-4-15(12)20-21)24-16-5-2-13(18)6-11(16)8-19/h2-7,9H,10H2,1H3. The second kappa shape index (κ2) is 6.38. The van der Waals surface area contributed by atoms with Crippen molar-refractivity contribution in [3.8, 4) is 17.6 Å². The third-order valence-corrected chi connectivity index (χ3v) is 3.33. The summed E-state index contributed by atoms with van der Waals surface area (Å²) >= 11 is 0. The zero-order valence-electron chi connectivity index (χ0n) is 12.7. The lowest BCUT2D eigenvalue weighted by atomic mass is 10.2. The van der Waals surface area contributed by atoms with Gasteiger partial charge in [-0.3, -0.25) is 9.48 Å². The lowest BCUT2D eigenvalue weighted by Crippen LogP contribution is -2.11. The molecule has 3 rings (SSSR count). The van der Waals surface area contributed by atoms with Gasteiger partial charge in [0.2, 0.25) is 0 Å². The molecule has 0 aliphatic carbocycles. The third kappa shape index (κ3) is 3.17. The van der Waals surface area contributed by atoms with Gasteiger partial charge in [-0.1, -0.05) is 0 Å². The minimum absolute atomic E-state index is 0.0118. The minimum atomic E-state index is -0.501. The number of rotatable bonds is 4. The van der Waals surface area contributed by atoms with Gasteiger partial charge in [0.1, 0.15) is 29.9 Å². The van der Waals surface area contributed by atoms with E-state index in [9.17, 15) is 9.18 Å². The summed E-state index contributed by atoms with van der Waals surface area (Å²) in [6, 6.07) is 10.8. The first-order valence-corrected chi connectivity index (χ1v) is 7.00. The third-order valence-electron chi connectivity index (χ3n) is 3.33. The molecule has 1 heterocycles. The van der Waals surface area contributed by atoms with Crippen LogP contribution in [0.4, 0.5) is 4.39 Å². The van der Waals surface area contributed by atoms with Gasteiger partial charge in [0.05, 0.1) is 18.2 Å². The number of nitriles is 1. The smallest absolute Gasteiger partial charge is 0.327 e. The highest BCUT2D eigenvalue weighted by Crippen LogP contribution is 2.28. The molecule has 0 spiro atoms. The Balaban J connectivity index is 1.88. The first kappa shape index (κ1) is 15.5. The zero-order valence-corrected chi connectivity index (χ0v) is 12.7. The van der Waals surface area contributed by atoms with E-state index in [2.05, 4.69) is 9.84 Å². The van der Waals surface area contributed by atoms with Crippen LogP contribution in [-0.4, -0.2) is 22.9 Å². The number of fused-ring (bicyclic) bond motifs is 1. The van der Waals surface area contributed by atoms with E-state index in [4.69, 9.17) is 10.00 Å². The lowest BCUT2D eigenvalue weighted by Gasteiger charge is -2.07. The van der Waals surface area contributed by atoms with E-state index in [1.807, 2.05) is 6.07 Å². The Hall–Kier alpha value is -3.40. The van der Waals surface area contributed by atoms with Crippen molar-refractivity contribution in [2.24, 2.45) is 0 Å². The summed E-state index contributed by atoms with van der Waals surface area (Å²) in [5.41, 5.74) is 0.794. The van der Waals surface area contributed by atoms with Crippen molar-refractivity contribution < 1.29 is 18.7 Å². The molecule has 6 nitrogen and oxygen atoms in total. The molecule has 0 bridgehead atoms. The number of halogens is 1. The van der Waals surface area contributed by atoms with Gasteiger partial charge in [0.15, 0.2) is 0 Å². The fourth-order valence-electron chi connectivity index (χ4n) is 2.20. The molecule has 0 atom stereocenters. The molecule has 0 radical (unpaired) electrons. The molecule has 7 heteroatoms. The number of nitrogens with zero attached hydrogens (tertiary/aromatic N) is 3. The number of ether oxygens (including phenoxy) is 2. The average molecular weight is 325 g/mol. The number of methoxy groups -OCH3 is 1. The highest BCUT2D eigenvalue weighted by molar-refractivity contribution is 5.80. The maximum absolute atomic E-state index is 13.2. The molecular weight excluding hydrogens is 313 g/mol. The Bertz CT molecular complexity index is 959. The summed E-state index contributed by atoms with van der Waals surface area (Å²) in [5.74, 6) is -0.161. The Morgan fingerprint density at radius 1 is 1.33 bits per heavy atom. The predicted molar refractivity (Wildman–Crippen MR) is 82.9 cm³/mol. The highest BCUT2D eigenvalue weighted by Gasteiger charge is 2.09. The number of benzene rings is 2. The summed E-state index contributed by atoms with van der Waals surface area (Å²) < 4.78 is 24.9. The van der Waals surface area contributed by atoms with E-state index in [-0.39, 0.29) is 17.9 Å². The lowest BCUT2D eigenvalue weighted by molar-refractivity contribution is -0.141. The first-order valence-electron chi connectivity index (χ1n) is 7.00. The SMILES string of the molecule is COC(=O)Cn1cc2cc(Oc3ccc(F)cc3C#N)ccc2n1. The number of carbonyl (C=O) groups excluding carboxylic acids is 1. The van der Waals surface area contributed by atoms with Gasteiger partial charge in [0, 0.05) is 11.6 Å². The summed E-state index contributed by atoms with van der Waals surface area (Å²) in [5, 5.41) is 14.1. The van der Waals surface area contributed by atoms with Crippen molar-refractivity contribution in [3.63, 3.8) is 0 Å². The molecule has 0 saturated carbocycles. The van der Waals surface area contributed by atoms with Gasteiger partial charge < -0.3 is 9.47 Å². The summed E-state index contributed by atoms with van der Waals surface area (Å²) in [7, 11) is 1.31. The van der Waals surface area contributed by atoms with Crippen molar-refractivity contribution in [3.05, 3.63) is 54.0 Å². The first-order chi connectivity index (χ1) is 11.6. The molecule has 0 fully saturated rings. The molecule has 3 aromatic rings. The van der Waals surface area contributed by atoms with Crippen LogP contribution in [0.25, 0.3) is 10.9 Å². The van der Waals surface area contributed by atoms with Gasteiger partial charge >= 0.3 is 5.97 Å². The molecular formula is C17H12FN3O3. The van der Waals surface area contributed by atoms with E-state index < -0.39 is 11.8 Å². The number of carbonyl (C=O) groups is 1. The zero-order chi connectivity index (χ0) is 17.1. The van der Waals surface area contributed by atoms with Crippen molar-refractivity contribution >= 4 is 16.9 Å². The number of esters is 1. The van der Waals surface area contributed by atoms with Gasteiger partial charge in [-0.05, 0) is 36.4 Å². The minimum Gasteiger partial charge on any atom is -0.468 e. The monoisotopic (exact) mass is 325 g/mol. The van der Waals surface area contributed by atoms with Crippen LogP contribution in [0.1, 0.15) is 5.56 Å². The second-order valence-corrected chi connectivity index (χ2v) is 4.98. The average Bonchev–Trinajstić information content (AvgIpc) is 2.97. The van der Waals surface area contributed by atoms with Gasteiger partial charge in [-0.25, -0.2) is 4.39 Å². The van der Waals surface area contributed by atoms with E-state index in [1.165, 1.54) is 23.9 Å². The maximum atomic E-state index is 13.2. The van der Waals surface area contributed by atoms with Crippen LogP contribution in [0.5, 0.6) is 11.5 Å². The molecule has 0 aliphatic heterocycles. The summed E-state index contributed by atoms with van der Waals surface area (Å²) in [6.45, 7) is 0.0118. The van der Waals surface area contributed by atoms with Gasteiger partial charge in [-0.2, -0.15) is 10.4 Å². The highest BCUT2D eigenvalue weighted by atomic mass is 19.1. The van der Waals surface area contributed by atoms with E-state index >= 15 is 0 Å². The molecule has 0 unspecified atom stereocenters. The van der Waals surface area contributed by atoms with Crippen LogP contribution in [-0.2, 0) is 16.1 Å². The van der Waals surface area contributed by atoms with E-state index in [0.717, 1.165) is 11.5 Å². The number of aromatic nitrogens is 2. The molecule has 0 amide bonds. The Labute approximate surface area is 136 Å². The Kier molecular flexibility index (Phi) is 4.12. The number of hydrogen-bond acceptors (Lipinski definition) is 5. The maximum Gasteiger partial charge on any atom is 0.327 e. The summed E-state index contributed by atoms with van der Waals surface area (Å²) in [4.78, 5) is 11.3. The second-order valence-electron chi connectivity index (χ2n) is 4.98. The van der Waals surface area contributed by atoms with Crippen LogP contribution in [0, 0.1) is 17.1 Å². The molecule has 1 aromatic heterocycles. The van der Waals surface area contributed by atoms with Gasteiger partial charge in [0.25, 0.3) is 0 Å². The molecule has 24 heavy (non-hydrogen) atoms. The van der Waals surface area contributed by atoms with E-state index in [1.54, 1.807) is 24.4 Å². The van der Waals surface area contributed by atoms with E-state index in [0.29, 0.717) is 11.3 Å². The van der Waals surface area contributed by atoms with Crippen molar-refractivity contribution in [1.29, 1.82) is 5.26 Å². The number of hydrogen-bond donors (Lipinski definition) is 0. The van der Waals surface area contributed by atoms with Crippen LogP contribution >= 0.6 is 0 Å². The molecule has 0 N–H and O–H groups in total. The van der Waals surface area contributed by atoms with Crippen LogP contribution in [0.2, 0.25) is 0 Å². The molecule has 120 valence electrons. The topological polar surface area (TPSA) is 77.1 Å². The quantitative estimate of drug-likeness (QED) is 0.689. The normalized spacial score (nSPS) is 10.4. The van der Waals surface area contributed by atoms with Crippen LogP contribution < -0.4 is 4.74 Å². The predicted octanol–water partition coefficient (Wildman–Crippen LogP) is 3.01. The van der Waals surface area contributed by atoms with Crippen molar-refractivity contribution in [2.75, 3.05) is 7.11 Å². The Morgan fingerprint density at radius 3 is 2.92 bits per heavy atom. The fraction of sp³-hybridized carbons (Fsp3) is 0.118. The van der Waals surface area contributed by atoms with Crippen LogP contribution in [0.15, 0.2) is 42.6 Å².